The summed E-state index contributed by atoms with van der Waals surface area (Å²) < 4.78 is 19.1. The predicted octanol–water partition coefficient (Wildman–Crippen LogP) is 2.60. The van der Waals surface area contributed by atoms with Gasteiger partial charge in [0.05, 0.1) is 0 Å². The van der Waals surface area contributed by atoms with Crippen LogP contribution in [0.25, 0.3) is 0 Å². The Morgan fingerprint density at radius 1 is 1.26 bits per heavy atom. The number of ether oxygens (including phenoxy) is 1. The van der Waals surface area contributed by atoms with Crippen molar-refractivity contribution < 1.29 is 24.0 Å². The minimum absolute atomic E-state index is 0. The van der Waals surface area contributed by atoms with Gasteiger partial charge in [0, 0.05) is 31.2 Å². The summed E-state index contributed by atoms with van der Waals surface area (Å²) in [4.78, 5) is 13.9. The molecule has 1 aliphatic rings. The number of carbonyl (C=O) groups is 1. The maximum absolute atomic E-state index is 13.6. The van der Waals surface area contributed by atoms with E-state index in [1.807, 2.05) is 40.0 Å². The fourth-order valence-corrected chi connectivity index (χ4v) is 3.05. The van der Waals surface area contributed by atoms with Gasteiger partial charge < -0.3 is 25.0 Å². The molecule has 1 saturated carbocycles. The molecule has 27 heavy (non-hydrogen) atoms. The molecule has 6 nitrogen and oxygen atoms in total. The third kappa shape index (κ3) is 8.73. The van der Waals surface area contributed by atoms with Crippen LogP contribution in [0.2, 0.25) is 0 Å². The first-order chi connectivity index (χ1) is 12.7. The Morgan fingerprint density at radius 2 is 1.81 bits per heavy atom. The fourth-order valence-electron chi connectivity index (χ4n) is 3.05. The average molecular weight is 381 g/mol. The van der Waals surface area contributed by atoms with Gasteiger partial charge in [0.1, 0.15) is 11.4 Å². The molecule has 1 radical (unpaired) electrons. The van der Waals surface area contributed by atoms with Gasteiger partial charge in [-0.1, -0.05) is 18.2 Å². The zero-order chi connectivity index (χ0) is 20.4. The third-order valence-electron chi connectivity index (χ3n) is 4.46. The Balaban J connectivity index is 0.00000114. The molecule has 1 aliphatic carbocycles. The predicted molar refractivity (Wildman–Crippen MR) is 103 cm³/mol. The molecule has 0 spiro atoms. The molecule has 8 heteroatoms. The van der Waals surface area contributed by atoms with Gasteiger partial charge in [-0.3, -0.25) is 0 Å². The zero-order valence-electron chi connectivity index (χ0n) is 16.6. The van der Waals surface area contributed by atoms with Crippen LogP contribution in [0.3, 0.4) is 0 Å². The van der Waals surface area contributed by atoms with E-state index in [2.05, 4.69) is 5.32 Å². The molecule has 0 bridgehead atoms. The molecule has 1 fully saturated rings. The third-order valence-corrected chi connectivity index (χ3v) is 4.46. The Kier molecular flexibility index (Phi) is 9.76. The number of benzene rings is 1. The molecule has 3 N–H and O–H groups in total. The molecular formula is C19H31BFN2O4. The molecule has 0 aliphatic heterocycles. The van der Waals surface area contributed by atoms with Gasteiger partial charge in [0.2, 0.25) is 0 Å². The van der Waals surface area contributed by atoms with E-state index in [-0.39, 0.29) is 25.6 Å². The van der Waals surface area contributed by atoms with Crippen molar-refractivity contribution in [1.82, 2.24) is 10.2 Å². The van der Waals surface area contributed by atoms with Crippen LogP contribution in [0.5, 0.6) is 0 Å². The molecule has 0 atom stereocenters. The maximum atomic E-state index is 13.6. The van der Waals surface area contributed by atoms with E-state index >= 15 is 0 Å². The lowest BCUT2D eigenvalue weighted by Gasteiger charge is -2.35. The molecule has 0 unspecified atom stereocenters. The van der Waals surface area contributed by atoms with Crippen LogP contribution in [0.1, 0.15) is 52.0 Å². The van der Waals surface area contributed by atoms with Gasteiger partial charge >= 0.3 is 13.8 Å². The molecule has 1 amide bonds. The molecule has 151 valence electrons. The van der Waals surface area contributed by atoms with Crippen LogP contribution in [0.4, 0.5) is 9.18 Å². The molecular weight excluding hydrogens is 350 g/mol. The Morgan fingerprint density at radius 3 is 2.33 bits per heavy atom. The van der Waals surface area contributed by atoms with Gasteiger partial charge in [-0.25, -0.2) is 9.18 Å². The molecule has 1 aromatic carbocycles. The largest absolute Gasteiger partial charge is 0.482 e. The van der Waals surface area contributed by atoms with Crippen molar-refractivity contribution >= 4 is 13.8 Å². The first kappa shape index (κ1) is 23.4. The number of hydrogen-bond donors (Lipinski definition) is 3. The lowest BCUT2D eigenvalue weighted by Crippen LogP contribution is -2.44. The van der Waals surface area contributed by atoms with Crippen LogP contribution >= 0.6 is 0 Å². The summed E-state index contributed by atoms with van der Waals surface area (Å²) in [5, 5.41) is 17.4. The maximum Gasteiger partial charge on any atom is 0.482 e. The highest BCUT2D eigenvalue weighted by molar-refractivity contribution is 6.13. The van der Waals surface area contributed by atoms with Gasteiger partial charge in [0.25, 0.3) is 0 Å². The second kappa shape index (κ2) is 11.3. The van der Waals surface area contributed by atoms with Crippen LogP contribution in [0, 0.1) is 5.82 Å². The Hall–Kier alpha value is -1.64. The van der Waals surface area contributed by atoms with Crippen LogP contribution in [0.15, 0.2) is 24.3 Å². The van der Waals surface area contributed by atoms with E-state index in [1.165, 1.54) is 6.07 Å². The number of rotatable bonds is 4. The van der Waals surface area contributed by atoms with E-state index in [0.29, 0.717) is 18.2 Å². The second-order valence-electron chi connectivity index (χ2n) is 7.68. The van der Waals surface area contributed by atoms with E-state index in [4.69, 9.17) is 14.8 Å². The summed E-state index contributed by atoms with van der Waals surface area (Å²) in [6.45, 7) is 6.18. The molecule has 0 heterocycles. The summed E-state index contributed by atoms with van der Waals surface area (Å²) in [5.74, 6) is -0.164. The lowest BCUT2D eigenvalue weighted by atomic mass is 9.90. The number of halogens is 1. The van der Waals surface area contributed by atoms with Crippen LogP contribution in [-0.4, -0.2) is 53.5 Å². The summed E-state index contributed by atoms with van der Waals surface area (Å²) >= 11 is 0. The summed E-state index contributed by atoms with van der Waals surface area (Å²) in [5.41, 5.74) is 0.231. The number of hydrogen-bond acceptors (Lipinski definition) is 5. The highest BCUT2D eigenvalue weighted by Crippen LogP contribution is 2.24. The van der Waals surface area contributed by atoms with E-state index in [1.54, 1.807) is 11.0 Å². The van der Waals surface area contributed by atoms with Crippen LogP contribution in [-0.2, 0) is 11.3 Å². The van der Waals surface area contributed by atoms with Crippen LogP contribution < -0.4 is 5.32 Å². The number of carbonyl (C=O) groups excluding carboxylic acids is 1. The fraction of sp³-hybridized carbons (Fsp3) is 0.632. The Labute approximate surface area is 162 Å². The first-order valence-electron chi connectivity index (χ1n) is 9.20. The Bertz CT molecular complexity index is 575. The zero-order valence-corrected chi connectivity index (χ0v) is 16.6. The van der Waals surface area contributed by atoms with Gasteiger partial charge in [-0.05, 0) is 52.5 Å². The van der Waals surface area contributed by atoms with E-state index in [9.17, 15) is 9.18 Å². The molecule has 2 rings (SSSR count). The van der Waals surface area contributed by atoms with Crippen molar-refractivity contribution in [3.05, 3.63) is 35.6 Å². The van der Waals surface area contributed by atoms with Crippen molar-refractivity contribution in [3.8, 4) is 0 Å². The normalized spacial score (nSPS) is 19.5. The highest BCUT2D eigenvalue weighted by Gasteiger charge is 2.29. The van der Waals surface area contributed by atoms with Crippen molar-refractivity contribution in [3.63, 3.8) is 0 Å². The van der Waals surface area contributed by atoms with Crippen molar-refractivity contribution in [2.24, 2.45) is 0 Å². The monoisotopic (exact) mass is 381 g/mol. The van der Waals surface area contributed by atoms with Gasteiger partial charge in [-0.15, -0.1) is 0 Å². The summed E-state index contributed by atoms with van der Waals surface area (Å²) in [6, 6.07) is 7.44. The topological polar surface area (TPSA) is 82.0 Å². The second-order valence-corrected chi connectivity index (χ2v) is 7.68. The summed E-state index contributed by atoms with van der Waals surface area (Å²) in [7, 11) is 1.81. The molecule has 0 saturated heterocycles. The lowest BCUT2D eigenvalue weighted by molar-refractivity contribution is 0.0179. The molecule has 1 aromatic rings. The van der Waals surface area contributed by atoms with Crippen molar-refractivity contribution in [1.29, 1.82) is 0 Å². The molecule has 0 aromatic heterocycles. The van der Waals surface area contributed by atoms with E-state index in [0.717, 1.165) is 25.7 Å². The summed E-state index contributed by atoms with van der Waals surface area (Å²) in [6.07, 6.45) is 3.57. The quantitative estimate of drug-likeness (QED) is 0.699. The SMILES string of the molecule is CN(C(=O)OC(C)(C)C)C1CCC(NCc2ccccc2F)CC1.O[B]O. The minimum Gasteiger partial charge on any atom is -0.444 e. The first-order valence-corrected chi connectivity index (χ1v) is 9.20. The smallest absolute Gasteiger partial charge is 0.444 e. The van der Waals surface area contributed by atoms with E-state index < -0.39 is 5.60 Å². The standard InChI is InChI=1S/C19H29FN2O2.BH2O2/c1-19(2,3)24-18(23)22(4)16-11-9-15(10-12-16)21-13-14-7-5-6-8-17(14)20;2-1-3/h5-8,15-16,21H,9-13H2,1-4H3;2-3H. The van der Waals surface area contributed by atoms with Crippen molar-refractivity contribution in [2.45, 2.75) is 70.7 Å². The number of amides is 1. The average Bonchev–Trinajstić information content (AvgIpc) is 2.60. The number of nitrogens with zero attached hydrogens (tertiary/aromatic N) is 1. The van der Waals surface area contributed by atoms with Gasteiger partial charge in [-0.2, -0.15) is 0 Å². The number of nitrogens with one attached hydrogen (secondary N) is 1. The van der Waals surface area contributed by atoms with Gasteiger partial charge in [0.15, 0.2) is 0 Å². The van der Waals surface area contributed by atoms with Crippen molar-refractivity contribution in [2.75, 3.05) is 7.05 Å². The highest BCUT2D eigenvalue weighted by atomic mass is 19.1. The minimum atomic E-state index is -0.468.